The molecule has 1 saturated carbocycles. The number of aromatic nitrogens is 2. The summed E-state index contributed by atoms with van der Waals surface area (Å²) >= 11 is 0. The molecule has 0 radical (unpaired) electrons. The molecule has 2 fully saturated rings. The van der Waals surface area contributed by atoms with Gasteiger partial charge in [-0.2, -0.15) is 0 Å². The molecule has 1 saturated heterocycles. The van der Waals surface area contributed by atoms with Crippen molar-refractivity contribution in [3.8, 4) is 0 Å². The van der Waals surface area contributed by atoms with Crippen molar-refractivity contribution >= 4 is 18.1 Å². The fourth-order valence-corrected chi connectivity index (χ4v) is 4.35. The summed E-state index contributed by atoms with van der Waals surface area (Å²) in [6.45, 7) is 3.11. The van der Waals surface area contributed by atoms with E-state index in [9.17, 15) is 19.2 Å². The first kappa shape index (κ1) is 21.4. The second-order valence-corrected chi connectivity index (χ2v) is 8.08. The maximum Gasteiger partial charge on any atom is 0.233 e. The molecule has 9 heteroatoms. The van der Waals surface area contributed by atoms with E-state index in [1.807, 2.05) is 4.90 Å². The van der Waals surface area contributed by atoms with Gasteiger partial charge in [-0.25, -0.2) is 19.4 Å². The Bertz CT molecular complexity index is 720. The summed E-state index contributed by atoms with van der Waals surface area (Å²) in [5, 5.41) is 12.8. The Morgan fingerprint density at radius 3 is 2.66 bits per heavy atom. The van der Waals surface area contributed by atoms with Gasteiger partial charge in [-0.15, -0.1) is 0 Å². The Morgan fingerprint density at radius 1 is 1.31 bits per heavy atom. The zero-order valence-electron chi connectivity index (χ0n) is 16.9. The molecule has 1 aliphatic carbocycles. The molecule has 1 aliphatic heterocycles. The fourth-order valence-electron chi connectivity index (χ4n) is 4.35. The summed E-state index contributed by atoms with van der Waals surface area (Å²) in [4.78, 5) is 33.9. The number of nitrogens with zero attached hydrogens (tertiary/aromatic N) is 4. The summed E-state index contributed by atoms with van der Waals surface area (Å²) in [6, 6.07) is 0. The van der Waals surface area contributed by atoms with Crippen LogP contribution in [0.25, 0.3) is 0 Å². The van der Waals surface area contributed by atoms with Gasteiger partial charge in [-0.05, 0) is 32.1 Å². The van der Waals surface area contributed by atoms with Gasteiger partial charge in [0.2, 0.25) is 12.3 Å². The molecule has 1 aromatic rings. The van der Waals surface area contributed by atoms with Crippen molar-refractivity contribution in [3.63, 3.8) is 0 Å². The van der Waals surface area contributed by atoms with E-state index in [0.29, 0.717) is 35.5 Å². The molecule has 2 amide bonds. The van der Waals surface area contributed by atoms with Crippen LogP contribution in [0.2, 0.25) is 0 Å². The van der Waals surface area contributed by atoms with Gasteiger partial charge < -0.3 is 10.2 Å². The molecule has 0 spiro atoms. The van der Waals surface area contributed by atoms with E-state index in [2.05, 4.69) is 15.3 Å². The number of rotatable bonds is 9. The number of carbonyl (C=O) groups is 2. The van der Waals surface area contributed by atoms with Crippen LogP contribution < -0.4 is 10.2 Å². The van der Waals surface area contributed by atoms with Gasteiger partial charge in [0.25, 0.3) is 0 Å². The third-order valence-electron chi connectivity index (χ3n) is 5.84. The highest BCUT2D eigenvalue weighted by Gasteiger charge is 2.27. The third-order valence-corrected chi connectivity index (χ3v) is 5.84. The van der Waals surface area contributed by atoms with Crippen molar-refractivity contribution in [3.05, 3.63) is 17.3 Å². The van der Waals surface area contributed by atoms with E-state index in [1.165, 1.54) is 0 Å². The van der Waals surface area contributed by atoms with E-state index in [0.717, 1.165) is 51.6 Å². The van der Waals surface area contributed by atoms with Gasteiger partial charge in [0, 0.05) is 13.1 Å². The molecular formula is C20H30FN5O3. The zero-order chi connectivity index (χ0) is 20.8. The summed E-state index contributed by atoms with van der Waals surface area (Å²) < 4.78 is 14.9. The van der Waals surface area contributed by atoms with Gasteiger partial charge in [0.15, 0.2) is 11.6 Å². The number of hydrogen-bond donors (Lipinski definition) is 2. The monoisotopic (exact) mass is 407 g/mol. The molecule has 160 valence electrons. The van der Waals surface area contributed by atoms with E-state index in [-0.39, 0.29) is 24.7 Å². The van der Waals surface area contributed by atoms with Crippen LogP contribution in [0.15, 0.2) is 0 Å². The standard InChI is InChI=1S/C20H30FN5O3/c1-14-23-17(18(21)19(24-14)25-8-4-5-9-25)11-22-20(28)16(12-26(29)13-27)10-15-6-2-3-7-15/h13,15-16,29H,2-12H2,1H3,(H,22,28)/t16-/m1/s1. The Hall–Kier alpha value is -2.29. The Balaban J connectivity index is 1.67. The van der Waals surface area contributed by atoms with Gasteiger partial charge in [0.1, 0.15) is 11.5 Å². The maximum absolute atomic E-state index is 14.9. The predicted octanol–water partition coefficient (Wildman–Crippen LogP) is 2.18. The van der Waals surface area contributed by atoms with E-state index < -0.39 is 11.7 Å². The van der Waals surface area contributed by atoms with Crippen LogP contribution in [0.3, 0.4) is 0 Å². The highest BCUT2D eigenvalue weighted by Crippen LogP contribution is 2.30. The van der Waals surface area contributed by atoms with Crippen molar-refractivity contribution < 1.29 is 19.2 Å². The van der Waals surface area contributed by atoms with Crippen molar-refractivity contribution in [2.75, 3.05) is 24.5 Å². The molecule has 2 N–H and O–H groups in total. The first-order valence-electron chi connectivity index (χ1n) is 10.4. The van der Waals surface area contributed by atoms with Crippen molar-refractivity contribution in [1.29, 1.82) is 0 Å². The lowest BCUT2D eigenvalue weighted by atomic mass is 9.92. The molecular weight excluding hydrogens is 377 g/mol. The topological polar surface area (TPSA) is 98.7 Å². The summed E-state index contributed by atoms with van der Waals surface area (Å²) in [5.41, 5.74) is 0.156. The van der Waals surface area contributed by atoms with Crippen LogP contribution in [0.5, 0.6) is 0 Å². The number of aryl methyl sites for hydroxylation is 1. The minimum absolute atomic E-state index is 0.0530. The molecule has 1 aromatic heterocycles. The number of amides is 2. The fraction of sp³-hybridized carbons (Fsp3) is 0.700. The van der Waals surface area contributed by atoms with Crippen LogP contribution in [-0.2, 0) is 16.1 Å². The van der Waals surface area contributed by atoms with E-state index in [4.69, 9.17) is 0 Å². The Morgan fingerprint density at radius 2 is 2.00 bits per heavy atom. The average Bonchev–Trinajstić information content (AvgIpc) is 3.41. The lowest BCUT2D eigenvalue weighted by Gasteiger charge is -2.23. The Kier molecular flexibility index (Phi) is 7.35. The first-order valence-corrected chi connectivity index (χ1v) is 10.4. The van der Waals surface area contributed by atoms with Crippen LogP contribution in [0.4, 0.5) is 10.2 Å². The zero-order valence-corrected chi connectivity index (χ0v) is 16.9. The minimum atomic E-state index is -0.544. The average molecular weight is 407 g/mol. The normalized spacial score (nSPS) is 18.1. The van der Waals surface area contributed by atoms with Crippen LogP contribution in [-0.4, -0.2) is 52.2 Å². The summed E-state index contributed by atoms with van der Waals surface area (Å²) in [7, 11) is 0. The number of hydrogen-bond acceptors (Lipinski definition) is 6. The SMILES string of the molecule is Cc1nc(CNC(=O)[C@H](CC2CCCC2)CN(O)C=O)c(F)c(N2CCCC2)n1. The predicted molar refractivity (Wildman–Crippen MR) is 105 cm³/mol. The van der Waals surface area contributed by atoms with E-state index in [1.54, 1.807) is 6.92 Å². The summed E-state index contributed by atoms with van der Waals surface area (Å²) in [5.74, 6) is -0.187. The molecule has 2 heterocycles. The number of hydroxylamine groups is 2. The highest BCUT2D eigenvalue weighted by molar-refractivity contribution is 5.79. The number of halogens is 1. The first-order chi connectivity index (χ1) is 14.0. The van der Waals surface area contributed by atoms with Gasteiger partial charge in [-0.1, -0.05) is 25.7 Å². The highest BCUT2D eigenvalue weighted by atomic mass is 19.1. The largest absolute Gasteiger partial charge is 0.354 e. The van der Waals surface area contributed by atoms with E-state index >= 15 is 0 Å². The lowest BCUT2D eigenvalue weighted by Crippen LogP contribution is -2.38. The molecule has 0 aromatic carbocycles. The molecule has 8 nitrogen and oxygen atoms in total. The molecule has 2 aliphatic rings. The number of nitrogens with one attached hydrogen (secondary N) is 1. The molecule has 1 atom stereocenters. The van der Waals surface area contributed by atoms with Crippen molar-refractivity contribution in [2.24, 2.45) is 11.8 Å². The Labute approximate surface area is 170 Å². The maximum atomic E-state index is 14.9. The number of anilines is 1. The van der Waals surface area contributed by atoms with Crippen LogP contribution in [0, 0.1) is 24.6 Å². The quantitative estimate of drug-likeness (QED) is 0.370. The van der Waals surface area contributed by atoms with Crippen LogP contribution >= 0.6 is 0 Å². The second kappa shape index (κ2) is 9.96. The van der Waals surface area contributed by atoms with Crippen molar-refractivity contribution in [1.82, 2.24) is 20.3 Å². The third kappa shape index (κ3) is 5.62. The molecule has 3 rings (SSSR count). The van der Waals surface area contributed by atoms with Gasteiger partial charge >= 0.3 is 0 Å². The van der Waals surface area contributed by atoms with Crippen LogP contribution in [0.1, 0.15) is 56.5 Å². The second-order valence-electron chi connectivity index (χ2n) is 8.08. The van der Waals surface area contributed by atoms with Gasteiger partial charge in [0.05, 0.1) is 19.0 Å². The smallest absolute Gasteiger partial charge is 0.233 e. The molecule has 0 unspecified atom stereocenters. The number of carbonyl (C=O) groups excluding carboxylic acids is 2. The minimum Gasteiger partial charge on any atom is -0.354 e. The molecule has 0 bridgehead atoms. The van der Waals surface area contributed by atoms with Gasteiger partial charge in [-0.3, -0.25) is 14.8 Å². The van der Waals surface area contributed by atoms with Crippen molar-refractivity contribution in [2.45, 2.75) is 58.4 Å². The summed E-state index contributed by atoms with van der Waals surface area (Å²) in [6.07, 6.45) is 7.29. The lowest BCUT2D eigenvalue weighted by molar-refractivity contribution is -0.155. The molecule has 29 heavy (non-hydrogen) atoms.